The fourth-order valence-corrected chi connectivity index (χ4v) is 2.82. The molecule has 0 radical (unpaired) electrons. The monoisotopic (exact) mass is 212 g/mol. The Bertz CT molecular complexity index is 233. The van der Waals surface area contributed by atoms with Crippen molar-refractivity contribution in [1.82, 2.24) is 10.4 Å². The molecule has 2 aliphatic heterocycles. The van der Waals surface area contributed by atoms with Gasteiger partial charge in [-0.15, -0.1) is 0 Å². The van der Waals surface area contributed by atoms with Crippen LogP contribution in [0.2, 0.25) is 0 Å². The average molecular weight is 212 g/mol. The minimum absolute atomic E-state index is 0.101. The van der Waals surface area contributed by atoms with Gasteiger partial charge in [-0.1, -0.05) is 0 Å². The molecular formula is C11H20N2O2. The molecule has 4 heteroatoms. The fourth-order valence-electron chi connectivity index (χ4n) is 2.82. The van der Waals surface area contributed by atoms with Crippen LogP contribution in [0.3, 0.4) is 0 Å². The lowest BCUT2D eigenvalue weighted by Crippen LogP contribution is -2.39. The van der Waals surface area contributed by atoms with Crippen LogP contribution in [0.15, 0.2) is 0 Å². The number of hydroxylamine groups is 2. The molecule has 2 unspecified atom stereocenters. The number of fused-ring (bicyclic) bond motifs is 2. The molecule has 15 heavy (non-hydrogen) atoms. The number of amides is 1. The van der Waals surface area contributed by atoms with Crippen molar-refractivity contribution in [3.8, 4) is 0 Å². The lowest BCUT2D eigenvalue weighted by atomic mass is 9.89. The first-order chi connectivity index (χ1) is 7.19. The topological polar surface area (TPSA) is 41.6 Å². The normalized spacial score (nSPS) is 34.1. The molecule has 0 saturated carbocycles. The maximum atomic E-state index is 11.7. The highest BCUT2D eigenvalue weighted by atomic mass is 16.7. The largest absolute Gasteiger partial charge is 0.311 e. The molecule has 4 nitrogen and oxygen atoms in total. The van der Waals surface area contributed by atoms with E-state index in [2.05, 4.69) is 5.32 Å². The fraction of sp³-hybridized carbons (Fsp3) is 0.909. The van der Waals surface area contributed by atoms with Gasteiger partial charge in [0.25, 0.3) is 0 Å². The Morgan fingerprint density at radius 3 is 2.53 bits per heavy atom. The van der Waals surface area contributed by atoms with Crippen LogP contribution in [0.1, 0.15) is 32.1 Å². The van der Waals surface area contributed by atoms with Crippen molar-refractivity contribution >= 4 is 5.91 Å². The van der Waals surface area contributed by atoms with Crippen molar-refractivity contribution in [2.24, 2.45) is 5.92 Å². The highest BCUT2D eigenvalue weighted by Crippen LogP contribution is 2.32. The van der Waals surface area contributed by atoms with E-state index in [4.69, 9.17) is 4.84 Å². The molecule has 2 heterocycles. The Morgan fingerprint density at radius 1 is 1.40 bits per heavy atom. The Labute approximate surface area is 90.9 Å². The van der Waals surface area contributed by atoms with Crippen LogP contribution in [0, 0.1) is 5.92 Å². The number of piperidine rings is 1. The summed E-state index contributed by atoms with van der Waals surface area (Å²) in [6, 6.07) is 1.32. The van der Waals surface area contributed by atoms with E-state index in [1.807, 2.05) is 0 Å². The Morgan fingerprint density at radius 2 is 2.00 bits per heavy atom. The van der Waals surface area contributed by atoms with E-state index in [9.17, 15) is 4.79 Å². The number of hydrogen-bond acceptors (Lipinski definition) is 3. The first kappa shape index (κ1) is 10.9. The number of hydrogen-bond donors (Lipinski definition) is 1. The molecule has 2 bridgehead atoms. The maximum Gasteiger partial charge on any atom is 0.246 e. The van der Waals surface area contributed by atoms with Crippen molar-refractivity contribution in [2.75, 3.05) is 14.2 Å². The molecule has 2 fully saturated rings. The number of nitrogens with zero attached hydrogens (tertiary/aromatic N) is 1. The number of carbonyl (C=O) groups excluding carboxylic acids is 1. The van der Waals surface area contributed by atoms with E-state index in [0.29, 0.717) is 24.4 Å². The third-order valence-corrected chi connectivity index (χ3v) is 3.66. The Kier molecular flexibility index (Phi) is 3.26. The van der Waals surface area contributed by atoms with Gasteiger partial charge in [-0.2, -0.15) is 0 Å². The predicted molar refractivity (Wildman–Crippen MR) is 57.1 cm³/mol. The van der Waals surface area contributed by atoms with Crippen molar-refractivity contribution < 1.29 is 9.63 Å². The van der Waals surface area contributed by atoms with Gasteiger partial charge in [0.2, 0.25) is 5.91 Å². The van der Waals surface area contributed by atoms with Gasteiger partial charge in [0.1, 0.15) is 0 Å². The SMILES string of the molecule is CON(C)C(=O)CC1CC2CCC(C1)N2. The van der Waals surface area contributed by atoms with Gasteiger partial charge < -0.3 is 5.32 Å². The van der Waals surface area contributed by atoms with E-state index >= 15 is 0 Å². The van der Waals surface area contributed by atoms with E-state index in [-0.39, 0.29) is 5.91 Å². The van der Waals surface area contributed by atoms with Crippen molar-refractivity contribution in [1.29, 1.82) is 0 Å². The lowest BCUT2D eigenvalue weighted by molar-refractivity contribution is -0.170. The van der Waals surface area contributed by atoms with Crippen LogP contribution in [0.25, 0.3) is 0 Å². The van der Waals surface area contributed by atoms with Gasteiger partial charge >= 0.3 is 0 Å². The zero-order valence-corrected chi connectivity index (χ0v) is 9.53. The Balaban J connectivity index is 1.82. The van der Waals surface area contributed by atoms with E-state index in [1.165, 1.54) is 25.0 Å². The third kappa shape index (κ3) is 2.49. The van der Waals surface area contributed by atoms with Crippen LogP contribution in [-0.4, -0.2) is 37.2 Å². The van der Waals surface area contributed by atoms with Gasteiger partial charge in [0.05, 0.1) is 7.11 Å². The van der Waals surface area contributed by atoms with Gasteiger partial charge in [0.15, 0.2) is 0 Å². The second kappa shape index (κ2) is 4.49. The maximum absolute atomic E-state index is 11.7. The first-order valence-electron chi connectivity index (χ1n) is 5.75. The molecule has 2 rings (SSSR count). The van der Waals surface area contributed by atoms with Crippen LogP contribution in [0.4, 0.5) is 0 Å². The molecule has 0 aromatic rings. The molecule has 0 spiro atoms. The molecule has 1 amide bonds. The van der Waals surface area contributed by atoms with E-state index in [1.54, 1.807) is 7.05 Å². The summed E-state index contributed by atoms with van der Waals surface area (Å²) in [5.41, 5.74) is 0. The van der Waals surface area contributed by atoms with Crippen molar-refractivity contribution in [3.05, 3.63) is 0 Å². The molecule has 2 saturated heterocycles. The molecule has 0 aromatic carbocycles. The summed E-state index contributed by atoms with van der Waals surface area (Å²) >= 11 is 0. The summed E-state index contributed by atoms with van der Waals surface area (Å²) in [5.74, 6) is 0.651. The molecule has 0 aliphatic carbocycles. The summed E-state index contributed by atoms with van der Waals surface area (Å²) in [5, 5.41) is 4.92. The van der Waals surface area contributed by atoms with Gasteiger partial charge in [-0.25, -0.2) is 5.06 Å². The summed E-state index contributed by atoms with van der Waals surface area (Å²) in [4.78, 5) is 16.5. The van der Waals surface area contributed by atoms with Crippen molar-refractivity contribution in [2.45, 2.75) is 44.2 Å². The van der Waals surface area contributed by atoms with E-state index < -0.39 is 0 Å². The number of rotatable bonds is 3. The van der Waals surface area contributed by atoms with Gasteiger partial charge in [-0.3, -0.25) is 9.63 Å². The standard InChI is InChI=1S/C11H20N2O2/c1-13(15-2)11(14)7-8-5-9-3-4-10(6-8)12-9/h8-10,12H,3-7H2,1-2H3. The smallest absolute Gasteiger partial charge is 0.246 e. The minimum atomic E-state index is 0.101. The Hall–Kier alpha value is -0.610. The zero-order chi connectivity index (χ0) is 10.8. The lowest BCUT2D eigenvalue weighted by Gasteiger charge is -2.29. The van der Waals surface area contributed by atoms with Crippen LogP contribution >= 0.6 is 0 Å². The first-order valence-corrected chi connectivity index (χ1v) is 5.75. The second-order valence-electron chi connectivity index (χ2n) is 4.75. The van der Waals surface area contributed by atoms with Gasteiger partial charge in [0, 0.05) is 25.6 Å². The molecule has 2 atom stereocenters. The predicted octanol–water partition coefficient (Wildman–Crippen LogP) is 0.927. The van der Waals surface area contributed by atoms with Gasteiger partial charge in [-0.05, 0) is 31.6 Å². The third-order valence-electron chi connectivity index (χ3n) is 3.66. The summed E-state index contributed by atoms with van der Waals surface area (Å²) in [6.45, 7) is 0. The molecular weight excluding hydrogens is 192 g/mol. The summed E-state index contributed by atoms with van der Waals surface area (Å²) in [6.07, 6.45) is 5.52. The van der Waals surface area contributed by atoms with Crippen LogP contribution < -0.4 is 5.32 Å². The molecule has 86 valence electrons. The summed E-state index contributed by atoms with van der Waals surface area (Å²) in [7, 11) is 3.21. The van der Waals surface area contributed by atoms with E-state index in [0.717, 1.165) is 12.8 Å². The quantitative estimate of drug-likeness (QED) is 0.707. The molecule has 1 N–H and O–H groups in total. The number of carbonyl (C=O) groups is 1. The average Bonchev–Trinajstić information content (AvgIpc) is 2.57. The highest BCUT2D eigenvalue weighted by Gasteiger charge is 2.34. The van der Waals surface area contributed by atoms with Crippen molar-refractivity contribution in [3.63, 3.8) is 0 Å². The summed E-state index contributed by atoms with van der Waals surface area (Å²) < 4.78 is 0. The zero-order valence-electron chi connectivity index (χ0n) is 9.53. The highest BCUT2D eigenvalue weighted by molar-refractivity contribution is 5.75. The van der Waals surface area contributed by atoms with Crippen LogP contribution in [-0.2, 0) is 9.63 Å². The molecule has 2 aliphatic rings. The minimum Gasteiger partial charge on any atom is -0.311 e. The second-order valence-corrected chi connectivity index (χ2v) is 4.75. The van der Waals surface area contributed by atoms with Crippen LogP contribution in [0.5, 0.6) is 0 Å². The number of nitrogens with one attached hydrogen (secondary N) is 1. The molecule has 0 aromatic heterocycles.